The van der Waals surface area contributed by atoms with Gasteiger partial charge in [0.2, 0.25) is 0 Å². The van der Waals surface area contributed by atoms with E-state index in [1.54, 1.807) is 17.5 Å². The van der Waals surface area contributed by atoms with Crippen LogP contribution in [0.5, 0.6) is 0 Å². The van der Waals surface area contributed by atoms with Crippen molar-refractivity contribution < 1.29 is 9.53 Å². The Bertz CT molecular complexity index is 1010. The number of carbonyl (C=O) groups excluding carboxylic acids is 1. The van der Waals surface area contributed by atoms with Gasteiger partial charge in [-0.3, -0.25) is 19.4 Å². The van der Waals surface area contributed by atoms with Crippen molar-refractivity contribution >= 4 is 17.2 Å². The summed E-state index contributed by atoms with van der Waals surface area (Å²) in [6.07, 6.45) is 7.55. The minimum absolute atomic E-state index is 0.0550. The first-order valence-corrected chi connectivity index (χ1v) is 11.1. The van der Waals surface area contributed by atoms with Crippen LogP contribution in [0.15, 0.2) is 53.7 Å². The van der Waals surface area contributed by atoms with E-state index < -0.39 is 5.60 Å². The Morgan fingerprint density at radius 1 is 1.27 bits per heavy atom. The van der Waals surface area contributed by atoms with E-state index >= 15 is 0 Å². The number of rotatable bonds is 5. The number of pyridine rings is 1. The molecule has 156 valence electrons. The topological polar surface area (TPSA) is 63.5 Å². The molecule has 1 spiro atoms. The van der Waals surface area contributed by atoms with Gasteiger partial charge in [-0.15, -0.1) is 0 Å². The highest BCUT2D eigenvalue weighted by Gasteiger charge is 2.57. The number of morpholine rings is 1. The molecular weight excluding hydrogens is 398 g/mol. The van der Waals surface area contributed by atoms with Crippen molar-refractivity contribution in [1.82, 2.24) is 24.6 Å². The van der Waals surface area contributed by atoms with E-state index in [-0.39, 0.29) is 11.8 Å². The minimum atomic E-state index is -0.875. The molecule has 2 aliphatic heterocycles. The number of hydrogen-bond donors (Lipinski definition) is 0. The van der Waals surface area contributed by atoms with Gasteiger partial charge in [0.15, 0.2) is 5.60 Å². The second-order valence-electron chi connectivity index (χ2n) is 8.13. The van der Waals surface area contributed by atoms with Gasteiger partial charge in [-0.2, -0.15) is 16.4 Å². The largest absolute Gasteiger partial charge is 0.361 e. The van der Waals surface area contributed by atoms with Gasteiger partial charge < -0.3 is 9.64 Å². The number of amides is 1. The molecule has 30 heavy (non-hydrogen) atoms. The van der Waals surface area contributed by atoms with Crippen molar-refractivity contribution in [2.75, 3.05) is 26.2 Å². The van der Waals surface area contributed by atoms with Crippen LogP contribution in [-0.4, -0.2) is 62.3 Å². The lowest BCUT2D eigenvalue weighted by atomic mass is 9.83. The van der Waals surface area contributed by atoms with Crippen molar-refractivity contribution in [1.29, 1.82) is 0 Å². The monoisotopic (exact) mass is 423 g/mol. The predicted octanol–water partition coefficient (Wildman–Crippen LogP) is 2.27. The van der Waals surface area contributed by atoms with Gasteiger partial charge in [0.25, 0.3) is 5.91 Å². The number of carbonyl (C=O) groups is 1. The Morgan fingerprint density at radius 3 is 2.93 bits per heavy atom. The summed E-state index contributed by atoms with van der Waals surface area (Å²) in [6, 6.07) is 6.08. The van der Waals surface area contributed by atoms with Crippen LogP contribution in [0.25, 0.3) is 0 Å². The zero-order valence-corrected chi connectivity index (χ0v) is 17.8. The smallest absolute Gasteiger partial charge is 0.257 e. The summed E-state index contributed by atoms with van der Waals surface area (Å²) in [4.78, 5) is 22.4. The Hall–Kier alpha value is -2.55. The molecular formula is C22H25N5O2S. The molecule has 0 N–H and O–H groups in total. The molecule has 2 saturated heterocycles. The molecule has 2 fully saturated rings. The third-order valence-corrected chi connectivity index (χ3v) is 6.77. The molecule has 2 aliphatic rings. The first-order chi connectivity index (χ1) is 14.6. The zero-order valence-electron chi connectivity index (χ0n) is 17.0. The molecule has 5 rings (SSSR count). The van der Waals surface area contributed by atoms with Crippen LogP contribution in [-0.2, 0) is 29.7 Å². The number of hydrogen-bond acceptors (Lipinski definition) is 6. The quantitative estimate of drug-likeness (QED) is 0.630. The van der Waals surface area contributed by atoms with E-state index in [9.17, 15) is 4.79 Å². The summed E-state index contributed by atoms with van der Waals surface area (Å²) in [6.45, 7) is 3.87. The van der Waals surface area contributed by atoms with E-state index in [2.05, 4.69) is 37.9 Å². The van der Waals surface area contributed by atoms with E-state index in [1.807, 2.05) is 41.3 Å². The molecule has 1 amide bonds. The van der Waals surface area contributed by atoms with Crippen LogP contribution in [0, 0.1) is 0 Å². The van der Waals surface area contributed by atoms with Crippen LogP contribution in [0.2, 0.25) is 0 Å². The second kappa shape index (κ2) is 7.94. The normalized spacial score (nSPS) is 24.8. The van der Waals surface area contributed by atoms with E-state index in [0.29, 0.717) is 26.2 Å². The van der Waals surface area contributed by atoms with Crippen LogP contribution in [0.3, 0.4) is 0 Å². The van der Waals surface area contributed by atoms with Crippen molar-refractivity contribution in [2.24, 2.45) is 7.05 Å². The predicted molar refractivity (Wildman–Crippen MR) is 114 cm³/mol. The maximum atomic E-state index is 13.8. The lowest BCUT2D eigenvalue weighted by molar-refractivity contribution is -0.173. The average Bonchev–Trinajstić information content (AvgIpc) is 3.48. The molecule has 3 aromatic rings. The molecule has 0 bridgehead atoms. The van der Waals surface area contributed by atoms with Crippen LogP contribution >= 0.6 is 11.3 Å². The fourth-order valence-electron chi connectivity index (χ4n) is 4.69. The van der Waals surface area contributed by atoms with Gasteiger partial charge >= 0.3 is 0 Å². The lowest BCUT2D eigenvalue weighted by Crippen LogP contribution is -2.59. The summed E-state index contributed by atoms with van der Waals surface area (Å²) < 4.78 is 8.16. The van der Waals surface area contributed by atoms with Crippen LogP contribution in [0.1, 0.15) is 22.6 Å². The van der Waals surface area contributed by atoms with Crippen LogP contribution < -0.4 is 0 Å². The molecule has 7 nitrogen and oxygen atoms in total. The van der Waals surface area contributed by atoms with Crippen molar-refractivity contribution in [3.8, 4) is 0 Å². The first-order valence-electron chi connectivity index (χ1n) is 10.2. The molecule has 2 atom stereocenters. The lowest BCUT2D eigenvalue weighted by Gasteiger charge is -2.42. The van der Waals surface area contributed by atoms with E-state index in [4.69, 9.17) is 4.74 Å². The molecule has 5 heterocycles. The summed E-state index contributed by atoms with van der Waals surface area (Å²) >= 11 is 1.66. The van der Waals surface area contributed by atoms with Crippen LogP contribution in [0.4, 0.5) is 0 Å². The number of aryl methyl sites for hydroxylation is 1. The third-order valence-electron chi connectivity index (χ3n) is 6.04. The number of ether oxygens (including phenoxy) is 1. The second-order valence-corrected chi connectivity index (χ2v) is 8.91. The number of aromatic nitrogens is 3. The van der Waals surface area contributed by atoms with E-state index in [0.717, 1.165) is 24.2 Å². The molecule has 8 heteroatoms. The van der Waals surface area contributed by atoms with Crippen molar-refractivity contribution in [2.45, 2.75) is 24.6 Å². The molecule has 0 unspecified atom stereocenters. The van der Waals surface area contributed by atoms with E-state index in [1.165, 1.54) is 5.56 Å². The number of nitrogens with zero attached hydrogens (tertiary/aromatic N) is 5. The van der Waals surface area contributed by atoms with Gasteiger partial charge in [0.1, 0.15) is 0 Å². The summed E-state index contributed by atoms with van der Waals surface area (Å²) in [5.74, 6) is 0.0307. The summed E-state index contributed by atoms with van der Waals surface area (Å²) in [7, 11) is 1.92. The highest BCUT2D eigenvalue weighted by Crippen LogP contribution is 2.42. The SMILES string of the molecule is Cn1cc(CN2C[C@H](c3cccnc3)[C@]3(C2)OCCN(Cc2ccsc2)C3=O)cn1. The summed E-state index contributed by atoms with van der Waals surface area (Å²) in [5, 5.41) is 8.45. The molecule has 0 saturated carbocycles. The molecule has 3 aromatic heterocycles. The maximum absolute atomic E-state index is 13.8. The Balaban J connectivity index is 1.45. The average molecular weight is 424 g/mol. The molecule has 0 aromatic carbocycles. The standard InChI is InChI=1S/C22H25N5O2S/c1-25-11-18(9-24-25)12-26-14-20(19-3-2-5-23-10-19)22(16-26)21(28)27(6-7-29-22)13-17-4-8-30-15-17/h2-5,8-11,15,20H,6-7,12-14,16H2,1H3/t20-,22+/m1/s1. The van der Waals surface area contributed by atoms with Gasteiger partial charge in [-0.1, -0.05) is 6.07 Å². The van der Waals surface area contributed by atoms with Gasteiger partial charge in [0, 0.05) is 69.8 Å². The number of likely N-dealkylation sites (tertiary alicyclic amines) is 1. The fraction of sp³-hybridized carbons (Fsp3) is 0.409. The van der Waals surface area contributed by atoms with Crippen molar-refractivity contribution in [3.05, 3.63) is 70.4 Å². The Kier molecular flexibility index (Phi) is 5.14. The maximum Gasteiger partial charge on any atom is 0.257 e. The first kappa shape index (κ1) is 19.4. The fourth-order valence-corrected chi connectivity index (χ4v) is 5.35. The minimum Gasteiger partial charge on any atom is -0.361 e. The zero-order chi connectivity index (χ0) is 20.6. The highest BCUT2D eigenvalue weighted by atomic mass is 32.1. The summed E-state index contributed by atoms with van der Waals surface area (Å²) in [5.41, 5.74) is 2.49. The van der Waals surface area contributed by atoms with Crippen molar-refractivity contribution in [3.63, 3.8) is 0 Å². The molecule has 0 radical (unpaired) electrons. The number of thiophene rings is 1. The van der Waals surface area contributed by atoms with Gasteiger partial charge in [-0.05, 0) is 34.0 Å². The third kappa shape index (κ3) is 3.55. The Labute approximate surface area is 179 Å². The molecule has 0 aliphatic carbocycles. The van der Waals surface area contributed by atoms with Gasteiger partial charge in [0.05, 0.1) is 12.8 Å². The highest BCUT2D eigenvalue weighted by molar-refractivity contribution is 7.07. The van der Waals surface area contributed by atoms with Gasteiger partial charge in [-0.25, -0.2) is 0 Å². The Morgan fingerprint density at radius 2 is 2.20 bits per heavy atom.